The molecule has 0 amide bonds. The fourth-order valence-corrected chi connectivity index (χ4v) is 8.51. The summed E-state index contributed by atoms with van der Waals surface area (Å²) in [5.41, 5.74) is 6.18. The van der Waals surface area contributed by atoms with E-state index in [-0.39, 0.29) is 25.5 Å². The zero-order valence-corrected chi connectivity index (χ0v) is 27.8. The van der Waals surface area contributed by atoms with Crippen LogP contribution in [0.2, 0.25) is 0 Å². The van der Waals surface area contributed by atoms with Gasteiger partial charge in [0.05, 0.1) is 16.5 Å². The van der Waals surface area contributed by atoms with Crippen LogP contribution in [0.5, 0.6) is 0 Å². The number of carbonyl (C=O) groups is 1. The van der Waals surface area contributed by atoms with E-state index in [9.17, 15) is 9.90 Å². The summed E-state index contributed by atoms with van der Waals surface area (Å²) in [6, 6.07) is 49.5. The second-order valence-corrected chi connectivity index (χ2v) is 13.7. The molecule has 2 heterocycles. The van der Waals surface area contributed by atoms with E-state index in [0.29, 0.717) is 27.3 Å². The van der Waals surface area contributed by atoms with Crippen molar-refractivity contribution < 1.29 is 9.90 Å². The average molecular weight is 666 g/mol. The highest BCUT2D eigenvalue weighted by Crippen LogP contribution is 2.45. The van der Waals surface area contributed by atoms with Gasteiger partial charge in [-0.1, -0.05) is 133 Å². The van der Waals surface area contributed by atoms with Gasteiger partial charge in [0.25, 0.3) is 0 Å². The number of hydrogen-bond acceptors (Lipinski definition) is 6. The molecule has 8 aromatic rings. The van der Waals surface area contributed by atoms with E-state index in [4.69, 9.17) is 4.90 Å². The van der Waals surface area contributed by atoms with Gasteiger partial charge in [-0.3, -0.25) is 4.79 Å². The second kappa shape index (κ2) is 10.9. The van der Waals surface area contributed by atoms with Crippen molar-refractivity contribution in [3.63, 3.8) is 0 Å². The predicted molar refractivity (Wildman–Crippen MR) is 216 cm³/mol. The fraction of sp³-hybridized carbons (Fsp3) is 0. The van der Waals surface area contributed by atoms with Crippen LogP contribution >= 0.6 is 0 Å². The van der Waals surface area contributed by atoms with Gasteiger partial charge >= 0.3 is 14.0 Å². The Bertz CT molecular complexity index is 3060. The fourth-order valence-electron chi connectivity index (χ4n) is 8.51. The summed E-state index contributed by atoms with van der Waals surface area (Å²) in [7, 11) is 0. The van der Waals surface area contributed by atoms with Crippen LogP contribution in [0.3, 0.4) is 0 Å². The molecule has 0 fully saturated rings. The zero-order chi connectivity index (χ0) is 34.5. The molecular formula is C44H28B2N4O2. The molecular weight excluding hydrogens is 638 g/mol. The van der Waals surface area contributed by atoms with Gasteiger partial charge in [0.1, 0.15) is 5.76 Å². The van der Waals surface area contributed by atoms with E-state index < -0.39 is 0 Å². The lowest BCUT2D eigenvalue weighted by Gasteiger charge is -2.31. The standard InChI is InChI=1S/C44H28B2N4O2/c51-43-39(31-23-21-27-13-7-19-35-37(27)41(31)49-45(47-35)33-17-5-11-25-9-1-3-15-29(25)33)44(52)40(43)32-24-22-28-14-8-20-36-38(28)42(32)50-46(48-36)34-18-6-12-26-10-2-4-16-30(26)34/h1-24,47-49,51H. The predicted octanol–water partition coefficient (Wildman–Crippen LogP) is 6.68. The van der Waals surface area contributed by atoms with E-state index in [1.807, 2.05) is 54.6 Å². The number of benzene rings is 8. The monoisotopic (exact) mass is 666 g/mol. The molecule has 3 aliphatic rings. The Morgan fingerprint density at radius 1 is 0.519 bits per heavy atom. The van der Waals surface area contributed by atoms with Gasteiger partial charge < -0.3 is 25.7 Å². The number of fused-ring (bicyclic) bond motifs is 2. The summed E-state index contributed by atoms with van der Waals surface area (Å²) in [6.45, 7) is -0.634. The lowest BCUT2D eigenvalue weighted by molar-refractivity contribution is -0.109. The molecule has 1 aliphatic carbocycles. The summed E-state index contributed by atoms with van der Waals surface area (Å²) in [6.07, 6.45) is 0. The molecule has 8 heteroatoms. The van der Waals surface area contributed by atoms with Crippen LogP contribution in [0.4, 0.5) is 17.1 Å². The molecule has 6 nitrogen and oxygen atoms in total. The van der Waals surface area contributed by atoms with Crippen LogP contribution in [0, 0.1) is 0 Å². The van der Waals surface area contributed by atoms with E-state index >= 15 is 0 Å². The molecule has 0 aromatic heterocycles. The molecule has 0 unspecified atom stereocenters. The lowest BCUT2D eigenvalue weighted by atomic mass is 9.64. The minimum atomic E-state index is -0.377. The molecule has 0 saturated carbocycles. The van der Waals surface area contributed by atoms with Gasteiger partial charge in [-0.25, -0.2) is 0 Å². The molecule has 242 valence electrons. The normalized spacial score (nSPS) is 15.7. The summed E-state index contributed by atoms with van der Waals surface area (Å²) in [5.74, 6) is -0.209. The number of hydrogen-bond donors (Lipinski definition) is 4. The van der Waals surface area contributed by atoms with E-state index in [1.165, 1.54) is 0 Å². The molecule has 0 bridgehead atoms. The molecule has 11 rings (SSSR count). The molecule has 52 heavy (non-hydrogen) atoms. The average Bonchev–Trinajstić information content (AvgIpc) is 3.19. The van der Waals surface area contributed by atoms with Crippen molar-refractivity contribution in [1.29, 1.82) is 0 Å². The minimum Gasteiger partial charge on any atom is -0.506 e. The minimum absolute atomic E-state index is 0.0105. The third-order valence-corrected chi connectivity index (χ3v) is 10.9. The number of carbonyl (C=O) groups excluding carboxylic acids is 1. The first-order valence-electron chi connectivity index (χ1n) is 17.6. The molecule has 0 spiro atoms. The van der Waals surface area contributed by atoms with Crippen molar-refractivity contribution >= 4 is 102 Å². The highest BCUT2D eigenvalue weighted by Gasteiger charge is 2.39. The van der Waals surface area contributed by atoms with Crippen molar-refractivity contribution in [2.45, 2.75) is 0 Å². The van der Waals surface area contributed by atoms with Crippen LogP contribution in [-0.4, -0.2) is 24.9 Å². The van der Waals surface area contributed by atoms with Gasteiger partial charge in [0.15, 0.2) is 0 Å². The number of ketones is 1. The summed E-state index contributed by atoms with van der Waals surface area (Å²) < 4.78 is 0. The zero-order valence-electron chi connectivity index (χ0n) is 27.8. The topological polar surface area (TPSA) is 85.8 Å². The van der Waals surface area contributed by atoms with Gasteiger partial charge in [-0.2, -0.15) is 0 Å². The summed E-state index contributed by atoms with van der Waals surface area (Å²) >= 11 is 0. The molecule has 0 saturated heterocycles. The molecule has 0 radical (unpaired) electrons. The molecule has 2 aliphatic heterocycles. The maximum atomic E-state index is 14.5. The van der Waals surface area contributed by atoms with Gasteiger partial charge in [0.2, 0.25) is 5.78 Å². The Kier molecular flexibility index (Phi) is 6.05. The number of nitrogens with one attached hydrogen (secondary N) is 3. The second-order valence-electron chi connectivity index (χ2n) is 13.7. The van der Waals surface area contributed by atoms with Crippen LogP contribution in [0.1, 0.15) is 5.56 Å². The Balaban J connectivity index is 1.11. The number of aliphatic hydroxyl groups is 1. The van der Waals surface area contributed by atoms with Crippen molar-refractivity contribution in [3.8, 4) is 0 Å². The number of anilines is 3. The van der Waals surface area contributed by atoms with E-state index in [0.717, 1.165) is 71.1 Å². The first kappa shape index (κ1) is 29.0. The van der Waals surface area contributed by atoms with Crippen LogP contribution in [0.25, 0.3) is 54.2 Å². The Labute approximate surface area is 299 Å². The highest BCUT2D eigenvalue weighted by atomic mass is 16.3. The van der Waals surface area contributed by atoms with E-state index in [1.54, 1.807) is 0 Å². The highest BCUT2D eigenvalue weighted by molar-refractivity contribution is 6.82. The number of Topliss-reactive ketones (excluding diaryl/α,β-unsaturated/α-hetero) is 1. The van der Waals surface area contributed by atoms with Gasteiger partial charge in [0, 0.05) is 38.6 Å². The van der Waals surface area contributed by atoms with Crippen LogP contribution < -0.4 is 37.2 Å². The summed E-state index contributed by atoms with van der Waals surface area (Å²) in [5, 5.41) is 32.9. The summed E-state index contributed by atoms with van der Waals surface area (Å²) in [4.78, 5) is 19.8. The van der Waals surface area contributed by atoms with Crippen molar-refractivity contribution in [3.05, 3.63) is 167 Å². The van der Waals surface area contributed by atoms with Crippen molar-refractivity contribution in [1.82, 2.24) is 0 Å². The Hall–Kier alpha value is -6.79. The lowest BCUT2D eigenvalue weighted by Crippen LogP contribution is -2.48. The number of nitrogens with zero attached hydrogens (tertiary/aromatic N) is 1. The van der Waals surface area contributed by atoms with Crippen molar-refractivity contribution in [2.24, 2.45) is 4.90 Å². The van der Waals surface area contributed by atoms with Crippen LogP contribution in [0.15, 0.2) is 156 Å². The Morgan fingerprint density at radius 2 is 1.12 bits per heavy atom. The van der Waals surface area contributed by atoms with Gasteiger partial charge in [-0.15, -0.1) is 0 Å². The SMILES string of the molecule is O=C1C(c2ccc3cccc4c3c2NB(c2cccc3ccccc23)N4)=C(O)C1=c1ccc2cccc3c2c1=NB(c1cccc2ccccc12)N3. The third-order valence-electron chi connectivity index (χ3n) is 10.9. The maximum absolute atomic E-state index is 14.5. The quantitative estimate of drug-likeness (QED) is 0.158. The number of rotatable bonds is 3. The van der Waals surface area contributed by atoms with Crippen molar-refractivity contribution in [2.75, 3.05) is 15.7 Å². The first-order valence-corrected chi connectivity index (χ1v) is 17.6. The first-order chi connectivity index (χ1) is 25.6. The van der Waals surface area contributed by atoms with E-state index in [2.05, 4.69) is 107 Å². The number of allylic oxidation sites excluding steroid dienone is 2. The molecule has 8 aromatic carbocycles. The third kappa shape index (κ3) is 4.09. The molecule has 0 atom stereocenters. The maximum Gasteiger partial charge on any atom is 0.428 e. The number of aliphatic hydroxyl groups excluding tert-OH is 1. The van der Waals surface area contributed by atoms with Crippen LogP contribution in [-0.2, 0) is 4.79 Å². The van der Waals surface area contributed by atoms with Gasteiger partial charge in [-0.05, 0) is 55.4 Å². The molecule has 4 N–H and O–H groups in total. The largest absolute Gasteiger partial charge is 0.506 e. The smallest absolute Gasteiger partial charge is 0.428 e. The Morgan fingerprint density at radius 3 is 1.87 bits per heavy atom.